The number of benzene rings is 2. The van der Waals surface area contributed by atoms with Crippen molar-refractivity contribution in [1.82, 2.24) is 5.43 Å². The highest BCUT2D eigenvalue weighted by atomic mass is 79.9. The maximum absolute atomic E-state index is 12.9. The standard InChI is InChI=1S/C16H14BrF3N2O/c1-11(23)21-22(10-12-5-2-3-8-15(12)17)14-7-4-6-13(9-14)16(18,19)20/h2-9H,10H2,1H3,(H,21,23). The molecular weight excluding hydrogens is 373 g/mol. The van der Waals surface area contributed by atoms with E-state index < -0.39 is 11.7 Å². The second kappa shape index (κ2) is 7.04. The second-order valence-electron chi connectivity index (χ2n) is 4.89. The predicted octanol–water partition coefficient (Wildman–Crippen LogP) is 4.53. The lowest BCUT2D eigenvalue weighted by molar-refractivity contribution is -0.137. The SMILES string of the molecule is CC(=O)NN(Cc1ccccc1Br)c1cccc(C(F)(F)F)c1. The van der Waals surface area contributed by atoms with Crippen LogP contribution in [0.3, 0.4) is 0 Å². The van der Waals surface area contributed by atoms with E-state index in [2.05, 4.69) is 21.4 Å². The minimum atomic E-state index is -4.44. The lowest BCUT2D eigenvalue weighted by Gasteiger charge is -2.26. The summed E-state index contributed by atoms with van der Waals surface area (Å²) in [4.78, 5) is 11.4. The summed E-state index contributed by atoms with van der Waals surface area (Å²) in [5.74, 6) is -0.366. The number of rotatable bonds is 4. The zero-order valence-corrected chi connectivity index (χ0v) is 13.8. The van der Waals surface area contributed by atoms with Crippen LogP contribution in [0, 0.1) is 0 Å². The van der Waals surface area contributed by atoms with Gasteiger partial charge in [-0.1, -0.05) is 40.2 Å². The minimum Gasteiger partial charge on any atom is -0.281 e. The first kappa shape index (κ1) is 17.3. The van der Waals surface area contributed by atoms with Gasteiger partial charge in [0.25, 0.3) is 0 Å². The molecular formula is C16H14BrF3N2O. The Morgan fingerprint density at radius 1 is 1.17 bits per heavy atom. The summed E-state index contributed by atoms with van der Waals surface area (Å²) < 4.78 is 39.4. The Morgan fingerprint density at radius 3 is 2.48 bits per heavy atom. The maximum Gasteiger partial charge on any atom is 0.416 e. The molecule has 0 fully saturated rings. The molecule has 0 saturated carbocycles. The zero-order valence-electron chi connectivity index (χ0n) is 12.2. The molecule has 23 heavy (non-hydrogen) atoms. The number of carbonyl (C=O) groups excluding carboxylic acids is 1. The summed E-state index contributed by atoms with van der Waals surface area (Å²) in [5.41, 5.74) is 2.88. The number of hydrogen-bond donors (Lipinski definition) is 1. The predicted molar refractivity (Wildman–Crippen MR) is 85.6 cm³/mol. The Labute approximate surface area is 140 Å². The second-order valence-corrected chi connectivity index (χ2v) is 5.75. The van der Waals surface area contributed by atoms with Gasteiger partial charge in [-0.3, -0.25) is 15.2 Å². The molecule has 0 bridgehead atoms. The van der Waals surface area contributed by atoms with Gasteiger partial charge in [-0.05, 0) is 29.8 Å². The molecule has 0 saturated heterocycles. The van der Waals surface area contributed by atoms with E-state index in [1.807, 2.05) is 24.3 Å². The number of halogens is 4. The Kier molecular flexibility index (Phi) is 5.30. The normalized spacial score (nSPS) is 11.2. The third-order valence-corrected chi connectivity index (χ3v) is 3.84. The van der Waals surface area contributed by atoms with Crippen molar-refractivity contribution in [2.45, 2.75) is 19.6 Å². The van der Waals surface area contributed by atoms with Gasteiger partial charge in [0.2, 0.25) is 5.91 Å². The monoisotopic (exact) mass is 386 g/mol. The molecule has 0 aliphatic heterocycles. The number of amides is 1. The van der Waals surface area contributed by atoms with Gasteiger partial charge < -0.3 is 0 Å². The summed E-state index contributed by atoms with van der Waals surface area (Å²) in [7, 11) is 0. The Bertz CT molecular complexity index is 704. The van der Waals surface area contributed by atoms with Crippen LogP contribution in [0.2, 0.25) is 0 Å². The van der Waals surface area contributed by atoms with E-state index in [0.717, 1.165) is 22.2 Å². The van der Waals surface area contributed by atoms with Crippen molar-refractivity contribution in [2.24, 2.45) is 0 Å². The smallest absolute Gasteiger partial charge is 0.281 e. The fourth-order valence-corrected chi connectivity index (χ4v) is 2.44. The average Bonchev–Trinajstić information content (AvgIpc) is 2.47. The molecule has 0 aliphatic rings. The molecule has 0 aromatic heterocycles. The van der Waals surface area contributed by atoms with Gasteiger partial charge in [-0.15, -0.1) is 0 Å². The molecule has 1 amide bonds. The van der Waals surface area contributed by atoms with Crippen molar-refractivity contribution in [2.75, 3.05) is 5.01 Å². The van der Waals surface area contributed by atoms with E-state index >= 15 is 0 Å². The van der Waals surface area contributed by atoms with E-state index in [1.54, 1.807) is 0 Å². The van der Waals surface area contributed by atoms with Crippen LogP contribution < -0.4 is 10.4 Å². The number of hydrogen-bond acceptors (Lipinski definition) is 2. The van der Waals surface area contributed by atoms with Crippen LogP contribution in [0.4, 0.5) is 18.9 Å². The molecule has 0 heterocycles. The highest BCUT2D eigenvalue weighted by Crippen LogP contribution is 2.32. The van der Waals surface area contributed by atoms with Crippen LogP contribution in [-0.4, -0.2) is 5.91 Å². The lowest BCUT2D eigenvalue weighted by atomic mass is 10.1. The van der Waals surface area contributed by atoms with Crippen LogP contribution in [0.15, 0.2) is 53.0 Å². The van der Waals surface area contributed by atoms with E-state index in [-0.39, 0.29) is 18.1 Å². The van der Waals surface area contributed by atoms with E-state index in [9.17, 15) is 18.0 Å². The Balaban J connectivity index is 2.35. The van der Waals surface area contributed by atoms with Crippen molar-refractivity contribution in [1.29, 1.82) is 0 Å². The fourth-order valence-electron chi connectivity index (χ4n) is 2.03. The van der Waals surface area contributed by atoms with Gasteiger partial charge in [0, 0.05) is 11.4 Å². The maximum atomic E-state index is 12.9. The molecule has 0 radical (unpaired) electrons. The van der Waals surface area contributed by atoms with E-state index in [4.69, 9.17) is 0 Å². The Morgan fingerprint density at radius 2 is 1.87 bits per heavy atom. The first-order valence-electron chi connectivity index (χ1n) is 6.73. The van der Waals surface area contributed by atoms with Gasteiger partial charge in [-0.25, -0.2) is 0 Å². The van der Waals surface area contributed by atoms with Crippen molar-refractivity contribution >= 4 is 27.5 Å². The Hall–Kier alpha value is -2.02. The van der Waals surface area contributed by atoms with Gasteiger partial charge in [0.15, 0.2) is 0 Å². The summed E-state index contributed by atoms with van der Waals surface area (Å²) in [6, 6.07) is 12.1. The zero-order chi connectivity index (χ0) is 17.0. The van der Waals surface area contributed by atoms with Crippen molar-refractivity contribution in [3.63, 3.8) is 0 Å². The molecule has 0 spiro atoms. The quantitative estimate of drug-likeness (QED) is 0.783. The van der Waals surface area contributed by atoms with Crippen LogP contribution >= 0.6 is 15.9 Å². The largest absolute Gasteiger partial charge is 0.416 e. The van der Waals surface area contributed by atoms with Crippen LogP contribution in [0.1, 0.15) is 18.1 Å². The number of hydrazine groups is 1. The molecule has 2 aromatic rings. The minimum absolute atomic E-state index is 0.225. The summed E-state index contributed by atoms with van der Waals surface area (Å²) in [6.45, 7) is 1.53. The molecule has 0 atom stereocenters. The number of carbonyl (C=O) groups is 1. The molecule has 1 N–H and O–H groups in total. The van der Waals surface area contributed by atoms with Gasteiger partial charge in [0.1, 0.15) is 0 Å². The summed E-state index contributed by atoms with van der Waals surface area (Å²) in [6.07, 6.45) is -4.44. The van der Waals surface area contributed by atoms with E-state index in [0.29, 0.717) is 0 Å². The number of nitrogens with zero attached hydrogens (tertiary/aromatic N) is 1. The number of anilines is 1. The highest BCUT2D eigenvalue weighted by Gasteiger charge is 2.31. The molecule has 0 unspecified atom stereocenters. The topological polar surface area (TPSA) is 32.3 Å². The molecule has 3 nitrogen and oxygen atoms in total. The molecule has 122 valence electrons. The highest BCUT2D eigenvalue weighted by molar-refractivity contribution is 9.10. The van der Waals surface area contributed by atoms with Crippen molar-refractivity contribution < 1.29 is 18.0 Å². The van der Waals surface area contributed by atoms with Gasteiger partial charge in [0.05, 0.1) is 17.8 Å². The average molecular weight is 387 g/mol. The van der Waals surface area contributed by atoms with E-state index in [1.165, 1.54) is 24.1 Å². The number of nitrogens with one attached hydrogen (secondary N) is 1. The number of alkyl halides is 3. The van der Waals surface area contributed by atoms with Gasteiger partial charge >= 0.3 is 6.18 Å². The lowest BCUT2D eigenvalue weighted by Crippen LogP contribution is -2.40. The van der Waals surface area contributed by atoms with Crippen LogP contribution in [0.5, 0.6) is 0 Å². The molecule has 0 aliphatic carbocycles. The summed E-state index contributed by atoms with van der Waals surface area (Å²) in [5, 5.41) is 1.39. The van der Waals surface area contributed by atoms with Crippen LogP contribution in [-0.2, 0) is 17.5 Å². The molecule has 2 aromatic carbocycles. The fraction of sp³-hybridized carbons (Fsp3) is 0.188. The van der Waals surface area contributed by atoms with Crippen molar-refractivity contribution in [3.05, 3.63) is 64.1 Å². The van der Waals surface area contributed by atoms with Crippen LogP contribution in [0.25, 0.3) is 0 Å². The molecule has 7 heteroatoms. The first-order valence-corrected chi connectivity index (χ1v) is 7.52. The first-order chi connectivity index (χ1) is 10.8. The third kappa shape index (κ3) is 4.72. The van der Waals surface area contributed by atoms with Crippen molar-refractivity contribution in [3.8, 4) is 0 Å². The molecule has 2 rings (SSSR count). The third-order valence-electron chi connectivity index (χ3n) is 3.06. The summed E-state index contributed by atoms with van der Waals surface area (Å²) >= 11 is 3.39. The van der Waals surface area contributed by atoms with Gasteiger partial charge in [-0.2, -0.15) is 13.2 Å².